The second-order valence-electron chi connectivity index (χ2n) is 5.88. The van der Waals surface area contributed by atoms with Crippen LogP contribution >= 0.6 is 15.9 Å². The lowest BCUT2D eigenvalue weighted by Crippen LogP contribution is -2.23. The van der Waals surface area contributed by atoms with Crippen LogP contribution in [0.3, 0.4) is 0 Å². The summed E-state index contributed by atoms with van der Waals surface area (Å²) < 4.78 is 2.16. The molecule has 0 aliphatic rings. The third-order valence-electron chi connectivity index (χ3n) is 3.71. The largest absolute Gasteiger partial charge is 0.282 e. The van der Waals surface area contributed by atoms with Crippen LogP contribution < -0.4 is 5.56 Å². The Labute approximate surface area is 153 Å². The van der Waals surface area contributed by atoms with E-state index < -0.39 is 0 Å². The summed E-state index contributed by atoms with van der Waals surface area (Å²) in [5.41, 5.74) is 1.82. The Morgan fingerprint density at radius 2 is 1.96 bits per heavy atom. The van der Waals surface area contributed by atoms with Crippen molar-refractivity contribution in [3.8, 4) is 6.07 Å². The highest BCUT2D eigenvalue weighted by molar-refractivity contribution is 9.10. The van der Waals surface area contributed by atoms with Gasteiger partial charge in [0.25, 0.3) is 5.56 Å². The van der Waals surface area contributed by atoms with Crippen LogP contribution in [0.1, 0.15) is 36.7 Å². The van der Waals surface area contributed by atoms with Crippen molar-refractivity contribution in [1.29, 1.82) is 5.26 Å². The van der Waals surface area contributed by atoms with Gasteiger partial charge in [-0.1, -0.05) is 41.9 Å². The van der Waals surface area contributed by atoms with Crippen molar-refractivity contribution < 1.29 is 0 Å². The minimum absolute atomic E-state index is 0.0406. The number of rotatable bonds is 3. The second-order valence-corrected chi connectivity index (χ2v) is 6.80. The number of nitrogens with zero attached hydrogens (tertiary/aromatic N) is 4. The quantitative estimate of drug-likeness (QED) is 0.629. The van der Waals surface area contributed by atoms with Gasteiger partial charge < -0.3 is 0 Å². The molecule has 3 aromatic rings. The van der Waals surface area contributed by atoms with Crippen LogP contribution in [0, 0.1) is 11.3 Å². The molecule has 124 valence electrons. The number of fused-ring (bicyclic) bond motifs is 1. The summed E-state index contributed by atoms with van der Waals surface area (Å²) >= 11 is 3.39. The number of hydrogen-bond donors (Lipinski definition) is 0. The van der Waals surface area contributed by atoms with E-state index >= 15 is 0 Å². The number of benzene rings is 2. The molecule has 0 amide bonds. The van der Waals surface area contributed by atoms with Gasteiger partial charge in [-0.2, -0.15) is 15.0 Å². The lowest BCUT2D eigenvalue weighted by molar-refractivity contribution is 0.665. The van der Waals surface area contributed by atoms with E-state index in [0.29, 0.717) is 22.3 Å². The molecule has 0 fully saturated rings. The van der Waals surface area contributed by atoms with Crippen molar-refractivity contribution in [3.63, 3.8) is 0 Å². The van der Waals surface area contributed by atoms with Crippen LogP contribution in [-0.4, -0.2) is 15.9 Å². The molecular formula is C19H15BrN4O. The van der Waals surface area contributed by atoms with E-state index in [1.807, 2.05) is 26.0 Å². The summed E-state index contributed by atoms with van der Waals surface area (Å²) in [5, 5.41) is 13.7. The molecule has 0 spiro atoms. The summed E-state index contributed by atoms with van der Waals surface area (Å²) in [6.45, 7) is 3.94. The average molecular weight is 395 g/mol. The molecule has 0 aliphatic carbocycles. The maximum atomic E-state index is 12.9. The molecule has 0 N–H and O–H groups in total. The zero-order chi connectivity index (χ0) is 18.0. The molecule has 1 aromatic heterocycles. The predicted octanol–water partition coefficient (Wildman–Crippen LogP) is 4.04. The van der Waals surface area contributed by atoms with E-state index in [4.69, 9.17) is 5.26 Å². The normalized spacial score (nSPS) is 11.3. The van der Waals surface area contributed by atoms with Gasteiger partial charge in [0.2, 0.25) is 0 Å². The third-order valence-corrected chi connectivity index (χ3v) is 4.21. The maximum Gasteiger partial charge on any atom is 0.282 e. The van der Waals surface area contributed by atoms with E-state index in [1.54, 1.807) is 36.5 Å². The fraction of sp³-hybridized carbons (Fsp3) is 0.158. The first-order chi connectivity index (χ1) is 12.0. The van der Waals surface area contributed by atoms with Gasteiger partial charge in [-0.05, 0) is 35.9 Å². The molecule has 2 aromatic carbocycles. The molecule has 0 saturated carbocycles. The zero-order valence-corrected chi connectivity index (χ0v) is 15.4. The van der Waals surface area contributed by atoms with Crippen molar-refractivity contribution in [1.82, 2.24) is 9.66 Å². The Balaban J connectivity index is 2.14. The van der Waals surface area contributed by atoms with Crippen molar-refractivity contribution in [3.05, 3.63) is 74.2 Å². The molecular weight excluding hydrogens is 380 g/mol. The van der Waals surface area contributed by atoms with Crippen LogP contribution in [0.25, 0.3) is 10.9 Å². The summed E-state index contributed by atoms with van der Waals surface area (Å²) in [6.07, 6.45) is 1.60. The van der Waals surface area contributed by atoms with Crippen LogP contribution in [0.5, 0.6) is 0 Å². The topological polar surface area (TPSA) is 71.0 Å². The molecule has 5 nitrogen and oxygen atoms in total. The highest BCUT2D eigenvalue weighted by atomic mass is 79.9. The minimum atomic E-state index is -0.208. The fourth-order valence-corrected chi connectivity index (χ4v) is 2.78. The number of aromatic nitrogens is 2. The molecule has 6 heteroatoms. The highest BCUT2D eigenvalue weighted by Gasteiger charge is 2.13. The van der Waals surface area contributed by atoms with E-state index in [0.717, 1.165) is 10.0 Å². The summed E-state index contributed by atoms with van der Waals surface area (Å²) in [4.78, 5) is 17.5. The van der Waals surface area contributed by atoms with Gasteiger partial charge in [0.15, 0.2) is 0 Å². The Bertz CT molecular complexity index is 1060. The second kappa shape index (κ2) is 6.99. The van der Waals surface area contributed by atoms with Crippen molar-refractivity contribution in [2.45, 2.75) is 19.8 Å². The third kappa shape index (κ3) is 3.52. The van der Waals surface area contributed by atoms with Crippen LogP contribution in [0.4, 0.5) is 0 Å². The maximum absolute atomic E-state index is 12.9. The van der Waals surface area contributed by atoms with Gasteiger partial charge in [-0.15, -0.1) is 0 Å². The van der Waals surface area contributed by atoms with Gasteiger partial charge >= 0.3 is 0 Å². The Kier molecular flexibility index (Phi) is 4.77. The molecule has 0 atom stereocenters. The smallest absolute Gasteiger partial charge is 0.267 e. The first-order valence-electron chi connectivity index (χ1n) is 7.76. The number of halogens is 1. The van der Waals surface area contributed by atoms with Crippen molar-refractivity contribution in [2.75, 3.05) is 0 Å². The van der Waals surface area contributed by atoms with E-state index in [-0.39, 0.29) is 11.5 Å². The molecule has 3 rings (SSSR count). The average Bonchev–Trinajstić information content (AvgIpc) is 2.61. The Morgan fingerprint density at radius 1 is 1.24 bits per heavy atom. The lowest BCUT2D eigenvalue weighted by Gasteiger charge is -2.11. The first-order valence-corrected chi connectivity index (χ1v) is 8.55. The molecule has 25 heavy (non-hydrogen) atoms. The van der Waals surface area contributed by atoms with Gasteiger partial charge in [-0.3, -0.25) is 4.79 Å². The molecule has 0 saturated heterocycles. The molecule has 0 bridgehead atoms. The van der Waals surface area contributed by atoms with E-state index in [9.17, 15) is 4.79 Å². The lowest BCUT2D eigenvalue weighted by atomic mass is 10.1. The SMILES string of the molecule is CC(C)c1nc2ccc(Br)cc2c(=O)n1N=Cc1ccc(C#N)cc1. The molecule has 1 heterocycles. The zero-order valence-electron chi connectivity index (χ0n) is 13.8. The predicted molar refractivity (Wildman–Crippen MR) is 102 cm³/mol. The number of hydrogen-bond acceptors (Lipinski definition) is 4. The Morgan fingerprint density at radius 3 is 2.60 bits per heavy atom. The van der Waals surface area contributed by atoms with E-state index in [1.165, 1.54) is 4.68 Å². The van der Waals surface area contributed by atoms with Crippen LogP contribution in [-0.2, 0) is 0 Å². The van der Waals surface area contributed by atoms with Gasteiger partial charge in [-0.25, -0.2) is 4.98 Å². The van der Waals surface area contributed by atoms with Gasteiger partial charge in [0.1, 0.15) is 5.82 Å². The van der Waals surface area contributed by atoms with Gasteiger partial charge in [0, 0.05) is 10.4 Å². The standard InChI is InChI=1S/C19H15BrN4O/c1-12(2)18-23-17-8-7-15(20)9-16(17)19(25)24(18)22-11-14-5-3-13(10-21)4-6-14/h3-9,11-12H,1-2H3. The fourth-order valence-electron chi connectivity index (χ4n) is 2.42. The summed E-state index contributed by atoms with van der Waals surface area (Å²) in [7, 11) is 0. The van der Waals surface area contributed by atoms with Crippen molar-refractivity contribution >= 4 is 33.0 Å². The van der Waals surface area contributed by atoms with Gasteiger partial charge in [0.05, 0.1) is 28.8 Å². The number of nitriles is 1. The summed E-state index contributed by atoms with van der Waals surface area (Å²) in [6, 6.07) is 14.5. The van der Waals surface area contributed by atoms with Crippen LogP contribution in [0.15, 0.2) is 56.8 Å². The van der Waals surface area contributed by atoms with Crippen molar-refractivity contribution in [2.24, 2.45) is 5.10 Å². The highest BCUT2D eigenvalue weighted by Crippen LogP contribution is 2.18. The molecule has 0 radical (unpaired) electrons. The molecule has 0 aliphatic heterocycles. The Hall–Kier alpha value is -2.78. The summed E-state index contributed by atoms with van der Waals surface area (Å²) in [5.74, 6) is 0.642. The molecule has 0 unspecified atom stereocenters. The minimum Gasteiger partial charge on any atom is -0.267 e. The monoisotopic (exact) mass is 394 g/mol. The first kappa shape index (κ1) is 17.1. The van der Waals surface area contributed by atoms with Crippen LogP contribution in [0.2, 0.25) is 0 Å². The van der Waals surface area contributed by atoms with E-state index in [2.05, 4.69) is 32.1 Å².